The zero-order valence-corrected chi connectivity index (χ0v) is 12.1. The molecule has 7 heteroatoms. The first kappa shape index (κ1) is 17.3. The molecule has 0 saturated carbocycles. The summed E-state index contributed by atoms with van der Waals surface area (Å²) in [6.07, 6.45) is -5.47. The van der Waals surface area contributed by atoms with E-state index in [1.54, 1.807) is 32.9 Å². The molecule has 0 aliphatic rings. The number of anilines is 1. The SMILES string of the molecule is CC(C)(C)OC(=O)Nc1cccc(CC(N)C(F)(F)F)c1. The number of nitrogens with two attached hydrogens (primary N) is 1. The molecule has 0 heterocycles. The van der Waals surface area contributed by atoms with E-state index in [0.29, 0.717) is 11.3 Å². The minimum Gasteiger partial charge on any atom is -0.444 e. The fraction of sp³-hybridized carbons (Fsp3) is 0.500. The third-order valence-corrected chi connectivity index (χ3v) is 2.45. The summed E-state index contributed by atoms with van der Waals surface area (Å²) in [5.41, 5.74) is 5.17. The van der Waals surface area contributed by atoms with Gasteiger partial charge in [0.15, 0.2) is 0 Å². The lowest BCUT2D eigenvalue weighted by molar-refractivity contribution is -0.147. The number of carbonyl (C=O) groups is 1. The molecular weight excluding hydrogens is 285 g/mol. The monoisotopic (exact) mass is 304 g/mol. The minimum atomic E-state index is -4.45. The van der Waals surface area contributed by atoms with Crippen LogP contribution in [0.5, 0.6) is 0 Å². The topological polar surface area (TPSA) is 64.3 Å². The molecule has 0 bridgehead atoms. The molecule has 118 valence electrons. The Morgan fingerprint density at radius 1 is 1.33 bits per heavy atom. The molecule has 1 unspecified atom stereocenters. The smallest absolute Gasteiger partial charge is 0.412 e. The standard InChI is InChI=1S/C14H19F3N2O2/c1-13(2,3)21-12(20)19-10-6-4-5-9(7-10)8-11(18)14(15,16)17/h4-7,11H,8,18H2,1-3H3,(H,19,20). The molecular formula is C14H19F3N2O2. The van der Waals surface area contributed by atoms with Crippen molar-refractivity contribution in [3.8, 4) is 0 Å². The van der Waals surface area contributed by atoms with Crippen LogP contribution in [0.3, 0.4) is 0 Å². The molecule has 1 aromatic rings. The molecule has 1 amide bonds. The number of benzene rings is 1. The summed E-state index contributed by atoms with van der Waals surface area (Å²) >= 11 is 0. The number of amides is 1. The molecule has 0 fully saturated rings. The van der Waals surface area contributed by atoms with Crippen LogP contribution < -0.4 is 11.1 Å². The van der Waals surface area contributed by atoms with Gasteiger partial charge in [0.25, 0.3) is 0 Å². The Kier molecular flexibility index (Phi) is 5.22. The summed E-state index contributed by atoms with van der Waals surface area (Å²) in [4.78, 5) is 11.6. The molecule has 0 radical (unpaired) electrons. The molecule has 0 aromatic heterocycles. The Labute approximate surface area is 121 Å². The van der Waals surface area contributed by atoms with Crippen LogP contribution in [0.15, 0.2) is 24.3 Å². The van der Waals surface area contributed by atoms with E-state index in [2.05, 4.69) is 5.32 Å². The van der Waals surface area contributed by atoms with Gasteiger partial charge in [-0.1, -0.05) is 12.1 Å². The highest BCUT2D eigenvalue weighted by Crippen LogP contribution is 2.22. The van der Waals surface area contributed by atoms with Crippen molar-refractivity contribution in [1.29, 1.82) is 0 Å². The van der Waals surface area contributed by atoms with E-state index in [1.807, 2.05) is 0 Å². The Morgan fingerprint density at radius 2 is 1.95 bits per heavy atom. The maximum Gasteiger partial charge on any atom is 0.412 e. The van der Waals surface area contributed by atoms with Crippen LogP contribution in [-0.2, 0) is 11.2 Å². The van der Waals surface area contributed by atoms with Crippen molar-refractivity contribution in [3.05, 3.63) is 29.8 Å². The number of alkyl halides is 3. The number of hydrogen-bond acceptors (Lipinski definition) is 3. The first-order valence-corrected chi connectivity index (χ1v) is 6.38. The van der Waals surface area contributed by atoms with Crippen LogP contribution in [0.1, 0.15) is 26.3 Å². The highest BCUT2D eigenvalue weighted by molar-refractivity contribution is 5.84. The summed E-state index contributed by atoms with van der Waals surface area (Å²) in [6.45, 7) is 5.14. The first-order chi connectivity index (χ1) is 9.47. The van der Waals surface area contributed by atoms with Crippen LogP contribution >= 0.6 is 0 Å². The van der Waals surface area contributed by atoms with Gasteiger partial charge in [0.1, 0.15) is 11.6 Å². The largest absolute Gasteiger partial charge is 0.444 e. The molecule has 0 aliphatic heterocycles. The molecule has 1 aromatic carbocycles. The molecule has 0 saturated heterocycles. The second-order valence-corrected chi connectivity index (χ2v) is 5.68. The number of hydrogen-bond donors (Lipinski definition) is 2. The maximum absolute atomic E-state index is 12.4. The molecule has 0 aliphatic carbocycles. The van der Waals surface area contributed by atoms with Crippen molar-refractivity contribution >= 4 is 11.8 Å². The van der Waals surface area contributed by atoms with Crippen LogP contribution in [0, 0.1) is 0 Å². The van der Waals surface area contributed by atoms with Gasteiger partial charge in [0, 0.05) is 5.69 Å². The third-order valence-electron chi connectivity index (χ3n) is 2.45. The Bertz CT molecular complexity index is 496. The van der Waals surface area contributed by atoms with Crippen molar-refractivity contribution in [2.45, 2.75) is 45.0 Å². The number of halogens is 3. The van der Waals surface area contributed by atoms with E-state index < -0.39 is 23.9 Å². The number of ether oxygens (including phenoxy) is 1. The number of rotatable bonds is 3. The van der Waals surface area contributed by atoms with Crippen molar-refractivity contribution in [1.82, 2.24) is 0 Å². The van der Waals surface area contributed by atoms with E-state index in [-0.39, 0.29) is 6.42 Å². The second-order valence-electron chi connectivity index (χ2n) is 5.68. The number of carbonyl (C=O) groups excluding carboxylic acids is 1. The Balaban J connectivity index is 2.71. The Morgan fingerprint density at radius 3 is 2.48 bits per heavy atom. The minimum absolute atomic E-state index is 0.354. The summed E-state index contributed by atoms with van der Waals surface area (Å²) in [5.74, 6) is 0. The quantitative estimate of drug-likeness (QED) is 0.898. The third kappa shape index (κ3) is 6.48. The molecule has 1 atom stereocenters. The van der Waals surface area contributed by atoms with Crippen molar-refractivity contribution in [2.75, 3.05) is 5.32 Å². The van der Waals surface area contributed by atoms with Gasteiger partial charge >= 0.3 is 12.3 Å². The Hall–Kier alpha value is -1.76. The van der Waals surface area contributed by atoms with E-state index in [9.17, 15) is 18.0 Å². The van der Waals surface area contributed by atoms with E-state index >= 15 is 0 Å². The molecule has 4 nitrogen and oxygen atoms in total. The van der Waals surface area contributed by atoms with Gasteiger partial charge in [0.05, 0.1) is 0 Å². The second kappa shape index (κ2) is 6.34. The van der Waals surface area contributed by atoms with Crippen LogP contribution in [-0.4, -0.2) is 23.9 Å². The molecule has 0 spiro atoms. The highest BCUT2D eigenvalue weighted by atomic mass is 19.4. The normalized spacial score (nSPS) is 13.7. The molecule has 3 N–H and O–H groups in total. The predicted molar refractivity (Wildman–Crippen MR) is 74.0 cm³/mol. The van der Waals surface area contributed by atoms with Gasteiger partial charge in [0.2, 0.25) is 0 Å². The van der Waals surface area contributed by atoms with Gasteiger partial charge in [-0.3, -0.25) is 5.32 Å². The predicted octanol–water partition coefficient (Wildman–Crippen LogP) is 3.47. The van der Waals surface area contributed by atoms with E-state index in [4.69, 9.17) is 10.5 Å². The zero-order valence-electron chi connectivity index (χ0n) is 12.1. The average molecular weight is 304 g/mol. The fourth-order valence-corrected chi connectivity index (χ4v) is 1.57. The van der Waals surface area contributed by atoms with Gasteiger partial charge in [-0.15, -0.1) is 0 Å². The van der Waals surface area contributed by atoms with E-state index in [1.165, 1.54) is 12.1 Å². The average Bonchev–Trinajstić information content (AvgIpc) is 2.25. The highest BCUT2D eigenvalue weighted by Gasteiger charge is 2.36. The first-order valence-electron chi connectivity index (χ1n) is 6.38. The molecule has 21 heavy (non-hydrogen) atoms. The fourth-order valence-electron chi connectivity index (χ4n) is 1.57. The van der Waals surface area contributed by atoms with Crippen LogP contribution in [0.25, 0.3) is 0 Å². The van der Waals surface area contributed by atoms with Crippen LogP contribution in [0.2, 0.25) is 0 Å². The lowest BCUT2D eigenvalue weighted by atomic mass is 10.1. The lowest BCUT2D eigenvalue weighted by Gasteiger charge is -2.20. The van der Waals surface area contributed by atoms with Gasteiger partial charge < -0.3 is 10.5 Å². The lowest BCUT2D eigenvalue weighted by Crippen LogP contribution is -2.39. The summed E-state index contributed by atoms with van der Waals surface area (Å²) in [7, 11) is 0. The van der Waals surface area contributed by atoms with Gasteiger partial charge in [-0.2, -0.15) is 13.2 Å². The van der Waals surface area contributed by atoms with Gasteiger partial charge in [-0.05, 0) is 44.9 Å². The summed E-state index contributed by atoms with van der Waals surface area (Å²) < 4.78 is 42.3. The number of nitrogens with one attached hydrogen (secondary N) is 1. The summed E-state index contributed by atoms with van der Waals surface area (Å²) in [5, 5.41) is 2.47. The zero-order chi connectivity index (χ0) is 16.3. The maximum atomic E-state index is 12.4. The molecule has 1 rings (SSSR count). The summed E-state index contributed by atoms with van der Waals surface area (Å²) in [6, 6.07) is 4.13. The van der Waals surface area contributed by atoms with Crippen molar-refractivity contribution < 1.29 is 22.7 Å². The van der Waals surface area contributed by atoms with Crippen LogP contribution in [0.4, 0.5) is 23.7 Å². The van der Waals surface area contributed by atoms with Crippen molar-refractivity contribution in [3.63, 3.8) is 0 Å². The van der Waals surface area contributed by atoms with Crippen molar-refractivity contribution in [2.24, 2.45) is 5.73 Å². The van der Waals surface area contributed by atoms with Gasteiger partial charge in [-0.25, -0.2) is 4.79 Å². The van der Waals surface area contributed by atoms with E-state index in [0.717, 1.165) is 0 Å².